The van der Waals surface area contributed by atoms with Gasteiger partial charge in [-0.2, -0.15) is 0 Å². The summed E-state index contributed by atoms with van der Waals surface area (Å²) in [6.45, 7) is 8.62. The van der Waals surface area contributed by atoms with Crippen LogP contribution in [0.3, 0.4) is 0 Å². The summed E-state index contributed by atoms with van der Waals surface area (Å²) in [7, 11) is -1.53. The Labute approximate surface area is 133 Å². The Morgan fingerprint density at radius 1 is 1.18 bits per heavy atom. The number of aromatic hydroxyl groups is 1. The van der Waals surface area contributed by atoms with Gasteiger partial charge in [-0.05, 0) is 39.4 Å². The Morgan fingerprint density at radius 2 is 1.86 bits per heavy atom. The van der Waals surface area contributed by atoms with Gasteiger partial charge in [-0.25, -0.2) is 9.97 Å². The van der Waals surface area contributed by atoms with E-state index < -0.39 is 8.32 Å². The summed E-state index contributed by atoms with van der Waals surface area (Å²) < 4.78 is 6.03. The minimum absolute atomic E-state index is 0.153. The minimum Gasteiger partial charge on any atom is -0.504 e. The van der Waals surface area contributed by atoms with Crippen molar-refractivity contribution in [1.29, 1.82) is 0 Å². The first-order chi connectivity index (χ1) is 10.3. The van der Waals surface area contributed by atoms with Crippen molar-refractivity contribution < 1.29 is 9.53 Å². The van der Waals surface area contributed by atoms with Crippen LogP contribution in [0.15, 0.2) is 36.5 Å². The summed E-state index contributed by atoms with van der Waals surface area (Å²) >= 11 is 0. The van der Waals surface area contributed by atoms with Crippen molar-refractivity contribution in [2.75, 3.05) is 0 Å². The first kappa shape index (κ1) is 16.6. The van der Waals surface area contributed by atoms with E-state index in [9.17, 15) is 5.11 Å². The van der Waals surface area contributed by atoms with Gasteiger partial charge in [0.1, 0.15) is 0 Å². The standard InChI is InChI=1S/C17H24N2O2Si/c1-13(21-22(2,3)4)10-11-15-16(20)12-18-17(19-15)14-8-6-5-7-9-14/h5-9,12-13,20H,10-11H2,1-4H3. The van der Waals surface area contributed by atoms with E-state index in [2.05, 4.69) is 36.5 Å². The maximum atomic E-state index is 9.97. The van der Waals surface area contributed by atoms with E-state index in [4.69, 9.17) is 4.43 Å². The van der Waals surface area contributed by atoms with E-state index in [1.807, 2.05) is 30.3 Å². The zero-order valence-corrected chi connectivity index (χ0v) is 14.7. The van der Waals surface area contributed by atoms with Crippen molar-refractivity contribution in [3.05, 3.63) is 42.2 Å². The molecule has 0 aliphatic rings. The quantitative estimate of drug-likeness (QED) is 0.818. The Hall–Kier alpha value is -1.72. The summed E-state index contributed by atoms with van der Waals surface area (Å²) in [5, 5.41) is 9.97. The maximum absolute atomic E-state index is 9.97. The van der Waals surface area contributed by atoms with Gasteiger partial charge in [-0.15, -0.1) is 0 Å². The predicted molar refractivity (Wildman–Crippen MR) is 91.3 cm³/mol. The molecule has 0 saturated heterocycles. The third-order valence-corrected chi connectivity index (χ3v) is 4.33. The van der Waals surface area contributed by atoms with Gasteiger partial charge in [0.25, 0.3) is 0 Å². The minimum atomic E-state index is -1.53. The molecule has 1 aromatic carbocycles. The van der Waals surface area contributed by atoms with Crippen LogP contribution in [0.2, 0.25) is 19.6 Å². The van der Waals surface area contributed by atoms with Gasteiger partial charge in [0.2, 0.25) is 0 Å². The number of hydrogen-bond donors (Lipinski definition) is 1. The summed E-state index contributed by atoms with van der Waals surface area (Å²) in [4.78, 5) is 8.72. The Morgan fingerprint density at radius 3 is 2.50 bits per heavy atom. The summed E-state index contributed by atoms with van der Waals surface area (Å²) in [6.07, 6.45) is 3.17. The summed E-state index contributed by atoms with van der Waals surface area (Å²) in [5.74, 6) is 0.798. The van der Waals surface area contributed by atoms with Gasteiger partial charge in [0.05, 0.1) is 11.9 Å². The maximum Gasteiger partial charge on any atom is 0.184 e. The monoisotopic (exact) mass is 316 g/mol. The van der Waals surface area contributed by atoms with E-state index in [0.717, 1.165) is 12.0 Å². The Kier molecular flexibility index (Phi) is 5.31. The molecule has 118 valence electrons. The van der Waals surface area contributed by atoms with E-state index in [-0.39, 0.29) is 11.9 Å². The molecule has 2 aromatic rings. The highest BCUT2D eigenvalue weighted by atomic mass is 28.4. The van der Waals surface area contributed by atoms with Crippen molar-refractivity contribution in [2.24, 2.45) is 0 Å². The average molecular weight is 316 g/mol. The molecule has 1 N–H and O–H groups in total. The molecule has 1 aromatic heterocycles. The third-order valence-electron chi connectivity index (χ3n) is 3.22. The molecule has 0 amide bonds. The van der Waals surface area contributed by atoms with Crippen molar-refractivity contribution >= 4 is 8.32 Å². The van der Waals surface area contributed by atoms with E-state index >= 15 is 0 Å². The molecule has 1 heterocycles. The predicted octanol–water partition coefficient (Wildman–Crippen LogP) is 4.02. The van der Waals surface area contributed by atoms with Crippen LogP contribution in [-0.4, -0.2) is 29.5 Å². The second-order valence-corrected chi connectivity index (χ2v) is 10.9. The zero-order chi connectivity index (χ0) is 16.2. The number of rotatable bonds is 6. The molecular formula is C17H24N2O2Si. The first-order valence-electron chi connectivity index (χ1n) is 7.63. The molecule has 0 spiro atoms. The molecule has 0 aliphatic heterocycles. The number of hydrogen-bond acceptors (Lipinski definition) is 4. The van der Waals surface area contributed by atoms with Crippen LogP contribution < -0.4 is 0 Å². The highest BCUT2D eigenvalue weighted by Crippen LogP contribution is 2.21. The van der Waals surface area contributed by atoms with E-state index in [1.165, 1.54) is 6.20 Å². The van der Waals surface area contributed by atoms with Crippen LogP contribution in [0.5, 0.6) is 5.75 Å². The van der Waals surface area contributed by atoms with Gasteiger partial charge >= 0.3 is 0 Å². The van der Waals surface area contributed by atoms with Gasteiger partial charge < -0.3 is 9.53 Å². The van der Waals surface area contributed by atoms with Crippen molar-refractivity contribution in [3.8, 4) is 17.1 Å². The van der Waals surface area contributed by atoms with Crippen molar-refractivity contribution in [1.82, 2.24) is 9.97 Å². The van der Waals surface area contributed by atoms with E-state index in [1.54, 1.807) is 0 Å². The molecule has 5 heteroatoms. The molecule has 22 heavy (non-hydrogen) atoms. The van der Waals surface area contributed by atoms with Gasteiger partial charge in [0.15, 0.2) is 19.9 Å². The summed E-state index contributed by atoms with van der Waals surface area (Å²) in [5.41, 5.74) is 1.63. The summed E-state index contributed by atoms with van der Waals surface area (Å²) in [6, 6.07) is 9.80. The number of aryl methyl sites for hydroxylation is 1. The van der Waals surface area contributed by atoms with Gasteiger partial charge in [0, 0.05) is 11.7 Å². The molecule has 1 unspecified atom stereocenters. The second-order valence-electron chi connectivity index (χ2n) is 6.47. The fourth-order valence-corrected chi connectivity index (χ4v) is 3.65. The number of aromatic nitrogens is 2. The molecule has 0 bridgehead atoms. The lowest BCUT2D eigenvalue weighted by atomic mass is 10.1. The van der Waals surface area contributed by atoms with Crippen LogP contribution in [0.1, 0.15) is 19.0 Å². The van der Waals surface area contributed by atoms with Gasteiger partial charge in [-0.3, -0.25) is 0 Å². The largest absolute Gasteiger partial charge is 0.504 e. The van der Waals surface area contributed by atoms with Crippen LogP contribution >= 0.6 is 0 Å². The molecule has 0 fully saturated rings. The highest BCUT2D eigenvalue weighted by Gasteiger charge is 2.18. The number of benzene rings is 1. The lowest BCUT2D eigenvalue weighted by molar-refractivity contribution is 0.203. The third kappa shape index (κ3) is 4.93. The van der Waals surface area contributed by atoms with Crippen LogP contribution in [0, 0.1) is 0 Å². The topological polar surface area (TPSA) is 55.2 Å². The lowest BCUT2D eigenvalue weighted by Crippen LogP contribution is -2.30. The smallest absolute Gasteiger partial charge is 0.184 e. The molecule has 1 atom stereocenters. The van der Waals surface area contributed by atoms with Crippen LogP contribution in [0.4, 0.5) is 0 Å². The van der Waals surface area contributed by atoms with Crippen LogP contribution in [0.25, 0.3) is 11.4 Å². The lowest BCUT2D eigenvalue weighted by Gasteiger charge is -2.23. The average Bonchev–Trinajstić information content (AvgIpc) is 2.45. The highest BCUT2D eigenvalue weighted by molar-refractivity contribution is 6.69. The molecule has 0 saturated carbocycles. The van der Waals surface area contributed by atoms with Crippen molar-refractivity contribution in [3.63, 3.8) is 0 Å². The fourth-order valence-electron chi connectivity index (χ4n) is 2.32. The molecule has 4 nitrogen and oxygen atoms in total. The Balaban J connectivity index is 2.08. The number of nitrogens with zero attached hydrogens (tertiary/aromatic N) is 2. The first-order valence-corrected chi connectivity index (χ1v) is 11.0. The zero-order valence-electron chi connectivity index (χ0n) is 13.7. The molecule has 0 radical (unpaired) electrons. The molecule has 2 rings (SSSR count). The fraction of sp³-hybridized carbons (Fsp3) is 0.412. The molecular weight excluding hydrogens is 292 g/mol. The van der Waals surface area contributed by atoms with Crippen LogP contribution in [-0.2, 0) is 10.8 Å². The molecule has 0 aliphatic carbocycles. The normalized spacial score (nSPS) is 13.1. The van der Waals surface area contributed by atoms with Gasteiger partial charge in [-0.1, -0.05) is 30.3 Å². The SMILES string of the molecule is CC(CCc1nc(-c2ccccc2)ncc1O)O[Si](C)(C)C. The Bertz CT molecular complexity index is 612. The second kappa shape index (κ2) is 7.02. The van der Waals surface area contributed by atoms with Crippen molar-refractivity contribution in [2.45, 2.75) is 45.5 Å². The van der Waals surface area contributed by atoms with E-state index in [0.29, 0.717) is 17.9 Å².